The minimum atomic E-state index is -3.50. The van der Waals surface area contributed by atoms with E-state index in [0.29, 0.717) is 23.8 Å². The Labute approximate surface area is 161 Å². The monoisotopic (exact) mass is 386 g/mol. The van der Waals surface area contributed by atoms with Crippen molar-refractivity contribution in [2.24, 2.45) is 0 Å². The second-order valence-electron chi connectivity index (χ2n) is 7.23. The Morgan fingerprint density at radius 1 is 0.963 bits per heavy atom. The fourth-order valence-electron chi connectivity index (χ4n) is 3.91. The molecular formula is C20H26N4O2S. The standard InChI is InChI=1S/C20H26N4O2S/c25-27(26,24-13-5-2-6-14-24)19-10-7-12-21-20(19)23-15-11-18(16-23)22-17-8-3-1-4-9-17/h1,3-4,7-10,12,18,22H,2,5-6,11,13-16H2. The number of benzene rings is 1. The number of nitrogens with one attached hydrogen (secondary N) is 1. The molecule has 7 heteroatoms. The Morgan fingerprint density at radius 3 is 2.52 bits per heavy atom. The molecule has 1 aromatic carbocycles. The second-order valence-corrected chi connectivity index (χ2v) is 9.14. The summed E-state index contributed by atoms with van der Waals surface area (Å²) in [5.74, 6) is 0.584. The molecule has 0 spiro atoms. The molecule has 27 heavy (non-hydrogen) atoms. The molecule has 1 aromatic heterocycles. The Morgan fingerprint density at radius 2 is 1.74 bits per heavy atom. The highest BCUT2D eigenvalue weighted by Gasteiger charge is 2.32. The molecule has 1 atom stereocenters. The molecule has 0 aliphatic carbocycles. The van der Waals surface area contributed by atoms with Gasteiger partial charge in [-0.15, -0.1) is 0 Å². The van der Waals surface area contributed by atoms with Crippen LogP contribution in [-0.2, 0) is 10.0 Å². The maximum absolute atomic E-state index is 13.2. The molecule has 4 rings (SSSR count). The van der Waals surface area contributed by atoms with Crippen LogP contribution in [0.4, 0.5) is 11.5 Å². The highest BCUT2D eigenvalue weighted by atomic mass is 32.2. The van der Waals surface area contributed by atoms with Crippen molar-refractivity contribution < 1.29 is 8.42 Å². The molecule has 3 heterocycles. The number of aromatic nitrogens is 1. The van der Waals surface area contributed by atoms with Crippen LogP contribution in [0.3, 0.4) is 0 Å². The van der Waals surface area contributed by atoms with Crippen LogP contribution in [0.1, 0.15) is 25.7 Å². The molecule has 2 aliphatic heterocycles. The van der Waals surface area contributed by atoms with Crippen molar-refractivity contribution in [1.29, 1.82) is 0 Å². The van der Waals surface area contributed by atoms with E-state index < -0.39 is 10.0 Å². The summed E-state index contributed by atoms with van der Waals surface area (Å²) in [6.45, 7) is 2.75. The SMILES string of the molecule is O=S(=O)(c1cccnc1N1CCC(Nc2ccccc2)C1)N1CCCCC1. The van der Waals surface area contributed by atoms with Gasteiger partial charge in [-0.2, -0.15) is 4.31 Å². The number of hydrogen-bond acceptors (Lipinski definition) is 5. The van der Waals surface area contributed by atoms with Crippen molar-refractivity contribution in [3.8, 4) is 0 Å². The first-order chi connectivity index (χ1) is 13.1. The van der Waals surface area contributed by atoms with Gasteiger partial charge in [-0.1, -0.05) is 24.6 Å². The Balaban J connectivity index is 1.53. The van der Waals surface area contributed by atoms with Gasteiger partial charge in [0, 0.05) is 44.1 Å². The maximum Gasteiger partial charge on any atom is 0.246 e. The van der Waals surface area contributed by atoms with Crippen LogP contribution in [-0.4, -0.2) is 49.9 Å². The van der Waals surface area contributed by atoms with Crippen LogP contribution in [0.2, 0.25) is 0 Å². The molecule has 2 aliphatic rings. The van der Waals surface area contributed by atoms with Gasteiger partial charge in [0.05, 0.1) is 0 Å². The lowest BCUT2D eigenvalue weighted by atomic mass is 10.2. The van der Waals surface area contributed by atoms with E-state index in [2.05, 4.69) is 27.3 Å². The van der Waals surface area contributed by atoms with Gasteiger partial charge in [-0.05, 0) is 43.5 Å². The van der Waals surface area contributed by atoms with Crippen molar-refractivity contribution in [3.05, 3.63) is 48.7 Å². The largest absolute Gasteiger partial charge is 0.380 e. The summed E-state index contributed by atoms with van der Waals surface area (Å²) >= 11 is 0. The first-order valence-corrected chi connectivity index (χ1v) is 11.1. The molecule has 0 radical (unpaired) electrons. The quantitative estimate of drug-likeness (QED) is 0.856. The van der Waals surface area contributed by atoms with Crippen LogP contribution >= 0.6 is 0 Å². The van der Waals surface area contributed by atoms with Crippen LogP contribution in [0.25, 0.3) is 0 Å². The van der Waals surface area contributed by atoms with Crippen molar-refractivity contribution in [3.63, 3.8) is 0 Å². The van der Waals surface area contributed by atoms with E-state index in [1.165, 1.54) is 0 Å². The Hall–Kier alpha value is -2.12. The molecule has 1 N–H and O–H groups in total. The average Bonchev–Trinajstić information content (AvgIpc) is 3.18. The third kappa shape index (κ3) is 3.94. The van der Waals surface area contributed by atoms with Crippen molar-refractivity contribution >= 4 is 21.5 Å². The van der Waals surface area contributed by atoms with Gasteiger partial charge < -0.3 is 10.2 Å². The summed E-state index contributed by atoms with van der Waals surface area (Å²) in [6.07, 6.45) is 5.60. The van der Waals surface area contributed by atoms with Crippen LogP contribution in [0.5, 0.6) is 0 Å². The first kappa shape index (κ1) is 18.3. The highest BCUT2D eigenvalue weighted by molar-refractivity contribution is 7.89. The van der Waals surface area contributed by atoms with E-state index in [-0.39, 0.29) is 6.04 Å². The maximum atomic E-state index is 13.2. The molecule has 0 amide bonds. The number of piperidine rings is 1. The summed E-state index contributed by atoms with van der Waals surface area (Å²) in [5.41, 5.74) is 1.09. The van der Waals surface area contributed by atoms with Gasteiger partial charge in [0.1, 0.15) is 10.7 Å². The Bertz CT molecular complexity index is 867. The molecule has 2 saturated heterocycles. The second kappa shape index (κ2) is 7.86. The zero-order chi connectivity index (χ0) is 18.7. The molecule has 0 saturated carbocycles. The lowest BCUT2D eigenvalue weighted by Crippen LogP contribution is -2.37. The minimum absolute atomic E-state index is 0.278. The molecule has 0 bridgehead atoms. The van der Waals surface area contributed by atoms with E-state index in [4.69, 9.17) is 0 Å². The van der Waals surface area contributed by atoms with Crippen molar-refractivity contribution in [2.45, 2.75) is 36.6 Å². The van der Waals surface area contributed by atoms with Crippen LogP contribution in [0.15, 0.2) is 53.6 Å². The zero-order valence-electron chi connectivity index (χ0n) is 15.4. The van der Waals surface area contributed by atoms with Gasteiger partial charge >= 0.3 is 0 Å². The van der Waals surface area contributed by atoms with Crippen LogP contribution < -0.4 is 10.2 Å². The zero-order valence-corrected chi connectivity index (χ0v) is 16.2. The lowest BCUT2D eigenvalue weighted by molar-refractivity contribution is 0.346. The van der Waals surface area contributed by atoms with E-state index in [9.17, 15) is 8.42 Å². The predicted molar refractivity (Wildman–Crippen MR) is 108 cm³/mol. The van der Waals surface area contributed by atoms with Gasteiger partial charge in [-0.25, -0.2) is 13.4 Å². The fraction of sp³-hybridized carbons (Fsp3) is 0.450. The van der Waals surface area contributed by atoms with Crippen molar-refractivity contribution in [1.82, 2.24) is 9.29 Å². The summed E-state index contributed by atoms with van der Waals surface area (Å²) in [6, 6.07) is 13.8. The van der Waals surface area contributed by atoms with E-state index in [1.807, 2.05) is 18.2 Å². The van der Waals surface area contributed by atoms with Gasteiger partial charge in [-0.3, -0.25) is 0 Å². The first-order valence-electron chi connectivity index (χ1n) is 9.66. The van der Waals surface area contributed by atoms with Gasteiger partial charge in [0.15, 0.2) is 0 Å². The highest BCUT2D eigenvalue weighted by Crippen LogP contribution is 2.30. The number of nitrogens with zero attached hydrogens (tertiary/aromatic N) is 3. The van der Waals surface area contributed by atoms with Gasteiger partial charge in [0.25, 0.3) is 0 Å². The number of anilines is 2. The molecule has 2 fully saturated rings. The summed E-state index contributed by atoms with van der Waals surface area (Å²) in [5, 5.41) is 3.53. The van der Waals surface area contributed by atoms with E-state index >= 15 is 0 Å². The summed E-state index contributed by atoms with van der Waals surface area (Å²) < 4.78 is 28.0. The minimum Gasteiger partial charge on any atom is -0.380 e. The van der Waals surface area contributed by atoms with Crippen molar-refractivity contribution in [2.75, 3.05) is 36.4 Å². The lowest BCUT2D eigenvalue weighted by Gasteiger charge is -2.28. The van der Waals surface area contributed by atoms with Gasteiger partial charge in [0.2, 0.25) is 10.0 Å². The van der Waals surface area contributed by atoms with Crippen LogP contribution in [0, 0.1) is 0 Å². The number of sulfonamides is 1. The molecule has 2 aromatic rings. The topological polar surface area (TPSA) is 65.5 Å². The number of rotatable bonds is 5. The average molecular weight is 387 g/mol. The predicted octanol–water partition coefficient (Wildman–Crippen LogP) is 2.95. The summed E-state index contributed by atoms with van der Waals surface area (Å²) in [7, 11) is -3.50. The fourth-order valence-corrected chi connectivity index (χ4v) is 5.59. The third-order valence-corrected chi connectivity index (χ3v) is 7.24. The molecule has 1 unspecified atom stereocenters. The smallest absolute Gasteiger partial charge is 0.246 e. The van der Waals surface area contributed by atoms with E-state index in [0.717, 1.165) is 44.5 Å². The molecule has 6 nitrogen and oxygen atoms in total. The van der Waals surface area contributed by atoms with E-state index in [1.54, 1.807) is 22.6 Å². The number of hydrogen-bond donors (Lipinski definition) is 1. The number of pyridine rings is 1. The molecule has 144 valence electrons. The summed E-state index contributed by atoms with van der Waals surface area (Å²) in [4.78, 5) is 6.89. The molecular weight excluding hydrogens is 360 g/mol. The normalized spacial score (nSPS) is 21.3. The third-order valence-electron chi connectivity index (χ3n) is 5.32. The Kier molecular flexibility index (Phi) is 5.31. The number of para-hydroxylation sites is 1.